The Balaban J connectivity index is 4.68. The van der Waals surface area contributed by atoms with E-state index in [-0.39, 0.29) is 24.9 Å². The number of unbranched alkanes of at least 4 members (excludes halogenated alkanes) is 19. The van der Waals surface area contributed by atoms with Crippen molar-refractivity contribution in [2.24, 2.45) is 0 Å². The molecule has 3 N–H and O–H groups in total. The highest BCUT2D eigenvalue weighted by molar-refractivity contribution is 5.77. The quantitative estimate of drug-likeness (QED) is 0.0322. The van der Waals surface area contributed by atoms with Gasteiger partial charge < -0.3 is 20.3 Å². The number of ether oxygens (including phenoxy) is 1. The third-order valence-corrected chi connectivity index (χ3v) is 11.2. The maximum Gasteiger partial charge on any atom is 0.306 e. The Labute approximate surface area is 383 Å². The maximum atomic E-state index is 13.2. The molecular formula is C56H97NO5. The van der Waals surface area contributed by atoms with Crippen molar-refractivity contribution in [3.8, 4) is 0 Å². The zero-order valence-corrected chi connectivity index (χ0v) is 40.5. The topological polar surface area (TPSA) is 95.9 Å². The van der Waals surface area contributed by atoms with Crippen LogP contribution in [0.3, 0.4) is 0 Å². The Morgan fingerprint density at radius 3 is 1.35 bits per heavy atom. The smallest absolute Gasteiger partial charge is 0.306 e. The summed E-state index contributed by atoms with van der Waals surface area (Å²) in [5, 5.41) is 23.8. The molecule has 0 aromatic carbocycles. The molecule has 0 aromatic heterocycles. The van der Waals surface area contributed by atoms with E-state index in [1.165, 1.54) is 77.0 Å². The van der Waals surface area contributed by atoms with Crippen LogP contribution < -0.4 is 5.32 Å². The average Bonchev–Trinajstić information content (AvgIpc) is 3.26. The van der Waals surface area contributed by atoms with E-state index in [0.717, 1.165) is 109 Å². The molecule has 356 valence electrons. The second-order valence-corrected chi connectivity index (χ2v) is 17.2. The summed E-state index contributed by atoms with van der Waals surface area (Å²) in [4.78, 5) is 26.1. The van der Waals surface area contributed by atoms with Crippen molar-refractivity contribution in [1.82, 2.24) is 5.32 Å². The lowest BCUT2D eigenvalue weighted by Crippen LogP contribution is -2.46. The molecule has 0 fully saturated rings. The predicted molar refractivity (Wildman–Crippen MR) is 268 cm³/mol. The minimum absolute atomic E-state index is 0.0269. The van der Waals surface area contributed by atoms with Gasteiger partial charge in [0.2, 0.25) is 5.91 Å². The van der Waals surface area contributed by atoms with E-state index >= 15 is 0 Å². The molecule has 0 saturated carbocycles. The normalized spacial score (nSPS) is 14.0. The fraction of sp³-hybridized carbons (Fsp3) is 0.714. The SMILES string of the molecule is CC/C=C/C/C=C/C/C=C/C/C=C/CCCC(CC(=O)NC(CO)C(O)CCCCCCCCCCCCCCCCC)OC(=O)CCCCCC/C=C/C/C=C/C/C=C/CC. The monoisotopic (exact) mass is 864 g/mol. The largest absolute Gasteiger partial charge is 0.462 e. The summed E-state index contributed by atoms with van der Waals surface area (Å²) in [6.45, 7) is 6.23. The van der Waals surface area contributed by atoms with Crippen molar-refractivity contribution in [3.63, 3.8) is 0 Å². The fourth-order valence-electron chi connectivity index (χ4n) is 7.38. The van der Waals surface area contributed by atoms with Crippen LogP contribution in [0.2, 0.25) is 0 Å². The van der Waals surface area contributed by atoms with E-state index in [2.05, 4.69) is 111 Å². The number of hydrogen-bond donors (Lipinski definition) is 3. The van der Waals surface area contributed by atoms with Crippen LogP contribution in [0.25, 0.3) is 0 Å². The van der Waals surface area contributed by atoms with Gasteiger partial charge in [0, 0.05) is 6.42 Å². The molecule has 6 heteroatoms. The van der Waals surface area contributed by atoms with Crippen molar-refractivity contribution in [1.29, 1.82) is 0 Å². The van der Waals surface area contributed by atoms with E-state index in [1.807, 2.05) is 0 Å². The maximum absolute atomic E-state index is 13.2. The number of rotatable bonds is 45. The molecule has 0 radical (unpaired) electrons. The number of allylic oxidation sites excluding steroid dienone is 14. The van der Waals surface area contributed by atoms with Crippen LogP contribution >= 0.6 is 0 Å². The third kappa shape index (κ3) is 43.7. The Kier molecular flexibility index (Phi) is 46.7. The van der Waals surface area contributed by atoms with E-state index < -0.39 is 18.2 Å². The Bertz CT molecular complexity index is 1200. The zero-order valence-electron chi connectivity index (χ0n) is 40.5. The fourth-order valence-corrected chi connectivity index (χ4v) is 7.38. The third-order valence-electron chi connectivity index (χ3n) is 11.2. The van der Waals surface area contributed by atoms with Crippen molar-refractivity contribution in [2.45, 2.75) is 251 Å². The molecular weight excluding hydrogens is 767 g/mol. The summed E-state index contributed by atoms with van der Waals surface area (Å²) in [6, 6.07) is -0.728. The molecule has 0 aromatic rings. The zero-order chi connectivity index (χ0) is 45.2. The van der Waals surface area contributed by atoms with Crippen LogP contribution in [0.5, 0.6) is 0 Å². The average molecular weight is 864 g/mol. The van der Waals surface area contributed by atoms with Gasteiger partial charge in [-0.2, -0.15) is 0 Å². The van der Waals surface area contributed by atoms with Gasteiger partial charge >= 0.3 is 5.97 Å². The molecule has 3 unspecified atom stereocenters. The summed E-state index contributed by atoms with van der Waals surface area (Å²) in [5.74, 6) is -0.559. The number of amides is 1. The lowest BCUT2D eigenvalue weighted by Gasteiger charge is -2.24. The first kappa shape index (κ1) is 59.0. The van der Waals surface area contributed by atoms with Gasteiger partial charge in [-0.25, -0.2) is 0 Å². The molecule has 1 amide bonds. The predicted octanol–water partition coefficient (Wildman–Crippen LogP) is 15.6. The number of carbonyl (C=O) groups is 2. The van der Waals surface area contributed by atoms with Gasteiger partial charge in [-0.05, 0) is 89.9 Å². The highest BCUT2D eigenvalue weighted by atomic mass is 16.5. The molecule has 0 saturated heterocycles. The highest BCUT2D eigenvalue weighted by Crippen LogP contribution is 2.17. The summed E-state index contributed by atoms with van der Waals surface area (Å²) in [7, 11) is 0. The Hall–Kier alpha value is -2.96. The van der Waals surface area contributed by atoms with Gasteiger partial charge in [0.15, 0.2) is 0 Å². The van der Waals surface area contributed by atoms with E-state index in [0.29, 0.717) is 19.3 Å². The van der Waals surface area contributed by atoms with Crippen LogP contribution in [0, 0.1) is 0 Å². The second-order valence-electron chi connectivity index (χ2n) is 17.2. The lowest BCUT2D eigenvalue weighted by atomic mass is 10.0. The van der Waals surface area contributed by atoms with E-state index in [4.69, 9.17) is 4.74 Å². The molecule has 0 aliphatic rings. The van der Waals surface area contributed by atoms with Crippen LogP contribution in [-0.2, 0) is 14.3 Å². The number of carbonyl (C=O) groups excluding carboxylic acids is 2. The first-order valence-electron chi connectivity index (χ1n) is 25.8. The second kappa shape index (κ2) is 49.1. The van der Waals surface area contributed by atoms with Crippen LogP contribution in [0.1, 0.15) is 233 Å². The van der Waals surface area contributed by atoms with Gasteiger partial charge in [0.1, 0.15) is 6.10 Å². The Morgan fingerprint density at radius 1 is 0.484 bits per heavy atom. The standard InChI is InChI=1S/C56H97NO5/c1-4-7-10-13-16-19-22-25-28-30-33-36-39-42-45-48-54(59)53(51-58)57-55(60)50-52(47-44-41-38-35-32-29-26-23-20-17-14-11-8-5-2)62-56(61)49-46-43-40-37-34-31-27-24-21-18-15-12-9-6-3/h8-9,11-12,17-18,20-21,26-27,29,31,35,38,52-54,58-59H,4-7,10,13-16,19,22-25,28,30,32-34,36-37,39-51H2,1-3H3,(H,57,60)/b11-8+,12-9+,20-17+,21-18+,29-26+,31-27+,38-35+. The van der Waals surface area contributed by atoms with Crippen LogP contribution in [0.15, 0.2) is 85.1 Å². The Morgan fingerprint density at radius 2 is 0.887 bits per heavy atom. The lowest BCUT2D eigenvalue weighted by molar-refractivity contribution is -0.151. The molecule has 62 heavy (non-hydrogen) atoms. The number of esters is 1. The minimum atomic E-state index is -0.810. The van der Waals surface area contributed by atoms with Crippen LogP contribution in [-0.4, -0.2) is 46.9 Å². The van der Waals surface area contributed by atoms with Gasteiger partial charge in [0.25, 0.3) is 0 Å². The molecule has 0 rings (SSSR count). The molecule has 3 atom stereocenters. The first-order valence-corrected chi connectivity index (χ1v) is 25.8. The summed E-state index contributed by atoms with van der Waals surface area (Å²) < 4.78 is 5.89. The first-order chi connectivity index (χ1) is 30.5. The van der Waals surface area contributed by atoms with Gasteiger partial charge in [-0.3, -0.25) is 9.59 Å². The van der Waals surface area contributed by atoms with Crippen LogP contribution in [0.4, 0.5) is 0 Å². The molecule has 0 aliphatic heterocycles. The summed E-state index contributed by atoms with van der Waals surface area (Å²) >= 11 is 0. The summed E-state index contributed by atoms with van der Waals surface area (Å²) in [5.41, 5.74) is 0. The minimum Gasteiger partial charge on any atom is -0.462 e. The molecule has 0 bridgehead atoms. The van der Waals surface area contributed by atoms with Gasteiger partial charge in [-0.1, -0.05) is 215 Å². The summed E-state index contributed by atoms with van der Waals surface area (Å²) in [6.07, 6.45) is 63.6. The number of hydrogen-bond acceptors (Lipinski definition) is 5. The van der Waals surface area contributed by atoms with Crippen molar-refractivity contribution in [3.05, 3.63) is 85.1 Å². The van der Waals surface area contributed by atoms with Gasteiger partial charge in [0.05, 0.1) is 25.2 Å². The van der Waals surface area contributed by atoms with E-state index in [9.17, 15) is 19.8 Å². The van der Waals surface area contributed by atoms with Crippen molar-refractivity contribution >= 4 is 11.9 Å². The number of aliphatic hydroxyl groups is 2. The number of nitrogens with one attached hydrogen (secondary N) is 1. The van der Waals surface area contributed by atoms with Gasteiger partial charge in [-0.15, -0.1) is 0 Å². The van der Waals surface area contributed by atoms with Crippen molar-refractivity contribution in [2.75, 3.05) is 6.61 Å². The van der Waals surface area contributed by atoms with E-state index in [1.54, 1.807) is 0 Å². The molecule has 0 aliphatic carbocycles. The highest BCUT2D eigenvalue weighted by Gasteiger charge is 2.24. The molecule has 6 nitrogen and oxygen atoms in total. The van der Waals surface area contributed by atoms with Crippen molar-refractivity contribution < 1.29 is 24.5 Å². The molecule has 0 heterocycles. The number of aliphatic hydroxyl groups excluding tert-OH is 2. The molecule has 0 spiro atoms.